The van der Waals surface area contributed by atoms with Crippen molar-refractivity contribution < 1.29 is 28.2 Å². The van der Waals surface area contributed by atoms with Crippen molar-refractivity contribution in [1.29, 1.82) is 0 Å². The highest BCUT2D eigenvalue weighted by molar-refractivity contribution is 7.23. The Hall–Kier alpha value is -2.21. The molecule has 4 aliphatic rings. The molecule has 2 amide bonds. The number of carbonyl (C=O) groups is 2. The summed E-state index contributed by atoms with van der Waals surface area (Å²) in [7, 11) is -1.03. The third-order valence-electron chi connectivity index (χ3n) is 11.3. The van der Waals surface area contributed by atoms with E-state index >= 15 is 0 Å². The summed E-state index contributed by atoms with van der Waals surface area (Å²) in [6.07, 6.45) is 8.21. The van der Waals surface area contributed by atoms with Gasteiger partial charge in [0.05, 0.1) is 54.7 Å². The van der Waals surface area contributed by atoms with Crippen LogP contribution in [0, 0.1) is 0 Å². The molecule has 6 heterocycles. The molecule has 6 rings (SSSR count). The predicted octanol–water partition coefficient (Wildman–Crippen LogP) is 7.38. The second-order valence-electron chi connectivity index (χ2n) is 16.1. The summed E-state index contributed by atoms with van der Waals surface area (Å²) in [6, 6.07) is 8.11. The highest BCUT2D eigenvalue weighted by Gasteiger charge is 2.55. The average Bonchev–Trinajstić information content (AvgIpc) is 3.86. The van der Waals surface area contributed by atoms with E-state index in [9.17, 15) is 9.59 Å². The number of nitrogens with zero attached hydrogens (tertiary/aromatic N) is 2. The maximum absolute atomic E-state index is 14.7. The van der Waals surface area contributed by atoms with Crippen LogP contribution in [0.25, 0.3) is 11.4 Å². The minimum atomic E-state index is -0.515. The molecular formula is C38H54B2N2O6S2. The van der Waals surface area contributed by atoms with E-state index in [-0.39, 0.29) is 11.8 Å². The molecule has 0 unspecified atom stereocenters. The predicted molar refractivity (Wildman–Crippen MR) is 206 cm³/mol. The van der Waals surface area contributed by atoms with Crippen LogP contribution in [0.4, 0.5) is 0 Å². The van der Waals surface area contributed by atoms with Gasteiger partial charge in [0.1, 0.15) is 0 Å². The van der Waals surface area contributed by atoms with Gasteiger partial charge >= 0.3 is 14.2 Å². The summed E-state index contributed by atoms with van der Waals surface area (Å²) in [5.41, 5.74) is 0.592. The van der Waals surface area contributed by atoms with Crippen LogP contribution >= 0.6 is 22.7 Å². The molecule has 2 aromatic heterocycles. The third kappa shape index (κ3) is 6.62. The van der Waals surface area contributed by atoms with Gasteiger partial charge in [0.2, 0.25) is 0 Å². The Bertz CT molecular complexity index is 1530. The van der Waals surface area contributed by atoms with Gasteiger partial charge in [0.25, 0.3) is 11.8 Å². The fourth-order valence-corrected chi connectivity index (χ4v) is 8.92. The van der Waals surface area contributed by atoms with Crippen LogP contribution in [0.5, 0.6) is 0 Å². The first-order chi connectivity index (χ1) is 23.5. The van der Waals surface area contributed by atoms with E-state index in [1.165, 1.54) is 0 Å². The Labute approximate surface area is 307 Å². The Kier molecular flexibility index (Phi) is 10.5. The quantitative estimate of drug-likeness (QED) is 0.150. The van der Waals surface area contributed by atoms with Gasteiger partial charge in [-0.05, 0) is 80.4 Å². The minimum absolute atomic E-state index is 0.0953. The van der Waals surface area contributed by atoms with Gasteiger partial charge in [-0.1, -0.05) is 64.5 Å². The summed E-state index contributed by atoms with van der Waals surface area (Å²) < 4.78 is 27.4. The van der Waals surface area contributed by atoms with Crippen LogP contribution in [-0.2, 0) is 28.2 Å². The van der Waals surface area contributed by atoms with Gasteiger partial charge in [0.15, 0.2) is 0 Å². The van der Waals surface area contributed by atoms with E-state index in [1.807, 2.05) is 89.5 Å². The van der Waals surface area contributed by atoms with Crippen molar-refractivity contribution in [3.63, 3.8) is 0 Å². The van der Waals surface area contributed by atoms with Crippen LogP contribution in [0.2, 0.25) is 0 Å². The molecular weight excluding hydrogens is 666 g/mol. The Balaban J connectivity index is 1.43. The summed E-state index contributed by atoms with van der Waals surface area (Å²) in [5.74, 6) is -0.191. The number of hydrogen-bond acceptors (Lipinski definition) is 8. The molecule has 0 bridgehead atoms. The van der Waals surface area contributed by atoms with E-state index in [0.29, 0.717) is 24.2 Å². The summed E-state index contributed by atoms with van der Waals surface area (Å²) >= 11 is 3.09. The van der Waals surface area contributed by atoms with Crippen molar-refractivity contribution in [1.82, 2.24) is 9.80 Å². The largest absolute Gasteiger partial charge is 0.505 e. The summed E-state index contributed by atoms with van der Waals surface area (Å²) in [5, 5.41) is 0. The first-order valence-corrected chi connectivity index (χ1v) is 20.2. The van der Waals surface area contributed by atoms with Crippen molar-refractivity contribution in [2.24, 2.45) is 0 Å². The topological polar surface area (TPSA) is 77.5 Å². The minimum Gasteiger partial charge on any atom is -0.399 e. The van der Waals surface area contributed by atoms with Crippen molar-refractivity contribution >= 4 is 69.7 Å². The number of unbranched alkanes of at least 4 members (excludes halogenated alkanes) is 6. The van der Waals surface area contributed by atoms with Crippen molar-refractivity contribution in [2.75, 3.05) is 13.1 Å². The van der Waals surface area contributed by atoms with Crippen LogP contribution in [0.3, 0.4) is 0 Å². The average molecular weight is 721 g/mol. The molecule has 0 N–H and O–H groups in total. The van der Waals surface area contributed by atoms with Crippen LogP contribution in [-0.4, -0.2) is 71.3 Å². The second-order valence-corrected chi connectivity index (χ2v) is 18.3. The van der Waals surface area contributed by atoms with Gasteiger partial charge in [-0.15, -0.1) is 22.7 Å². The number of fused-ring (bicyclic) bond motifs is 1. The third-order valence-corrected chi connectivity index (χ3v) is 13.6. The molecule has 2 saturated heterocycles. The molecule has 0 saturated carbocycles. The Morgan fingerprint density at radius 3 is 1.20 bits per heavy atom. The van der Waals surface area contributed by atoms with Gasteiger partial charge < -0.3 is 28.4 Å². The highest BCUT2D eigenvalue weighted by Crippen LogP contribution is 2.49. The Morgan fingerprint density at radius 1 is 0.540 bits per heavy atom. The number of amides is 2. The maximum atomic E-state index is 14.7. The van der Waals surface area contributed by atoms with E-state index in [2.05, 4.69) is 13.8 Å². The lowest BCUT2D eigenvalue weighted by molar-refractivity contribution is -0.124. The SMILES string of the molecule is CCCCCCN1C(=O)C2=C(c3ccc(B4OC(C)(C)C(C)(C)O4)s3)N(CCCCCC)C(=O)C2=C1c1ccc(B2OC(C)(C)C(C)(C)O2)s1. The molecule has 50 heavy (non-hydrogen) atoms. The lowest BCUT2D eigenvalue weighted by Crippen LogP contribution is -2.41. The summed E-state index contributed by atoms with van der Waals surface area (Å²) in [4.78, 5) is 34.9. The standard InChI is InChI=1S/C38H54B2N2O6S2/c1-11-13-15-17-23-41-31(25-19-21-27(49-25)39-45-35(3,4)36(5,6)46-39)29-30(33(41)43)32(42(34(29)44)24-18-16-14-12-2)26-20-22-28(50-26)40-47-37(7,8)38(9,10)48-40/h19-22H,11-18,23-24H2,1-10H3. The molecule has 8 nitrogen and oxygen atoms in total. The van der Waals surface area contributed by atoms with Gasteiger partial charge in [-0.3, -0.25) is 9.59 Å². The molecule has 4 aliphatic heterocycles. The lowest BCUT2D eigenvalue weighted by Gasteiger charge is -2.32. The molecule has 0 atom stereocenters. The monoisotopic (exact) mass is 720 g/mol. The van der Waals surface area contributed by atoms with Gasteiger partial charge in [-0.25, -0.2) is 0 Å². The van der Waals surface area contributed by atoms with E-state index in [4.69, 9.17) is 18.6 Å². The van der Waals surface area contributed by atoms with Crippen LogP contribution in [0.15, 0.2) is 35.4 Å². The van der Waals surface area contributed by atoms with Gasteiger partial charge in [0, 0.05) is 22.6 Å². The smallest absolute Gasteiger partial charge is 0.399 e. The fourth-order valence-electron chi connectivity index (χ4n) is 6.86. The van der Waals surface area contributed by atoms with Crippen LogP contribution < -0.4 is 9.55 Å². The summed E-state index contributed by atoms with van der Waals surface area (Å²) in [6.45, 7) is 21.9. The molecule has 0 aromatic carbocycles. The van der Waals surface area contributed by atoms with Crippen LogP contribution in [0.1, 0.15) is 130 Å². The van der Waals surface area contributed by atoms with E-state index < -0.39 is 36.6 Å². The van der Waals surface area contributed by atoms with Crippen molar-refractivity contribution in [3.8, 4) is 0 Å². The number of thiophene rings is 2. The molecule has 0 aliphatic carbocycles. The molecule has 270 valence electrons. The Morgan fingerprint density at radius 2 is 0.880 bits per heavy atom. The van der Waals surface area contributed by atoms with E-state index in [0.717, 1.165) is 82.1 Å². The zero-order chi connectivity index (χ0) is 36.2. The molecule has 0 radical (unpaired) electrons. The first-order valence-electron chi connectivity index (χ1n) is 18.6. The lowest BCUT2D eigenvalue weighted by atomic mass is 9.88. The number of hydrogen-bond donors (Lipinski definition) is 0. The number of rotatable bonds is 14. The molecule has 0 spiro atoms. The number of carbonyl (C=O) groups excluding carboxylic acids is 2. The van der Waals surface area contributed by atoms with Gasteiger partial charge in [-0.2, -0.15) is 0 Å². The molecule has 2 fully saturated rings. The zero-order valence-electron chi connectivity index (χ0n) is 31.7. The zero-order valence-corrected chi connectivity index (χ0v) is 33.3. The highest BCUT2D eigenvalue weighted by atomic mass is 32.1. The molecule has 12 heteroatoms. The van der Waals surface area contributed by atoms with E-state index in [1.54, 1.807) is 22.7 Å². The normalized spacial score (nSPS) is 22.3. The fraction of sp³-hybridized carbons (Fsp3) is 0.632. The second kappa shape index (κ2) is 14.0. The maximum Gasteiger partial charge on any atom is 0.505 e. The molecule has 2 aromatic rings. The van der Waals surface area contributed by atoms with Crippen molar-refractivity contribution in [2.45, 2.75) is 143 Å². The first kappa shape index (κ1) is 37.5. The van der Waals surface area contributed by atoms with Crippen molar-refractivity contribution in [3.05, 3.63) is 45.2 Å².